The zero-order chi connectivity index (χ0) is 17.8. The van der Waals surface area contributed by atoms with E-state index in [1.165, 1.54) is 11.8 Å². The Hall–Kier alpha value is -2.31. The summed E-state index contributed by atoms with van der Waals surface area (Å²) in [6.07, 6.45) is 1.64. The van der Waals surface area contributed by atoms with Crippen LogP contribution in [0.15, 0.2) is 60.0 Å². The second-order valence-electron chi connectivity index (χ2n) is 5.47. The molecule has 128 valence electrons. The van der Waals surface area contributed by atoms with Gasteiger partial charge in [-0.1, -0.05) is 47.6 Å². The highest BCUT2D eigenvalue weighted by Crippen LogP contribution is 2.25. The third kappa shape index (κ3) is 4.21. The molecular weight excluding hydrogens is 356 g/mol. The Morgan fingerprint density at radius 2 is 1.96 bits per heavy atom. The first kappa shape index (κ1) is 17.5. The van der Waals surface area contributed by atoms with Crippen molar-refractivity contribution >= 4 is 35.0 Å². The number of hydrogen-bond donors (Lipinski definition) is 1. The second kappa shape index (κ2) is 7.72. The topological polar surface area (TPSA) is 59.8 Å². The van der Waals surface area contributed by atoms with Crippen LogP contribution in [0.5, 0.6) is 0 Å². The predicted octanol–water partition coefficient (Wildman–Crippen LogP) is 4.35. The number of hydrogen-bond acceptors (Lipinski definition) is 4. The van der Waals surface area contributed by atoms with E-state index in [0.717, 1.165) is 11.3 Å². The molecule has 1 unspecified atom stereocenters. The smallest absolute Gasteiger partial charge is 0.237 e. The van der Waals surface area contributed by atoms with Crippen molar-refractivity contribution in [1.29, 1.82) is 0 Å². The van der Waals surface area contributed by atoms with Crippen LogP contribution in [-0.4, -0.2) is 25.9 Å². The number of nitrogens with one attached hydrogen (secondary N) is 1. The van der Waals surface area contributed by atoms with Crippen LogP contribution >= 0.6 is 23.4 Å². The van der Waals surface area contributed by atoms with Crippen molar-refractivity contribution in [3.05, 3.63) is 65.4 Å². The lowest BCUT2D eigenvalue weighted by Gasteiger charge is -2.12. The number of rotatable bonds is 5. The number of para-hydroxylation sites is 1. The molecule has 0 fully saturated rings. The van der Waals surface area contributed by atoms with Crippen LogP contribution in [-0.2, 0) is 4.79 Å². The summed E-state index contributed by atoms with van der Waals surface area (Å²) in [7, 11) is 0. The van der Waals surface area contributed by atoms with E-state index >= 15 is 0 Å². The number of thioether (sulfide) groups is 1. The molecule has 0 bridgehead atoms. The van der Waals surface area contributed by atoms with Gasteiger partial charge in [-0.2, -0.15) is 0 Å². The molecule has 0 aliphatic rings. The Morgan fingerprint density at radius 1 is 1.20 bits per heavy atom. The third-order valence-electron chi connectivity index (χ3n) is 3.67. The van der Waals surface area contributed by atoms with E-state index in [4.69, 9.17) is 11.6 Å². The third-order valence-corrected chi connectivity index (χ3v) is 5.04. The lowest BCUT2D eigenvalue weighted by Crippen LogP contribution is -2.23. The molecular formula is C18H17ClN4OS. The van der Waals surface area contributed by atoms with Gasteiger partial charge >= 0.3 is 0 Å². The average molecular weight is 373 g/mol. The quantitative estimate of drug-likeness (QED) is 0.676. The van der Waals surface area contributed by atoms with Crippen LogP contribution in [0.3, 0.4) is 0 Å². The largest absolute Gasteiger partial charge is 0.325 e. The zero-order valence-electron chi connectivity index (χ0n) is 13.8. The first-order valence-electron chi connectivity index (χ1n) is 7.74. The van der Waals surface area contributed by atoms with Crippen LogP contribution in [0.4, 0.5) is 5.69 Å². The molecule has 1 aromatic heterocycles. The van der Waals surface area contributed by atoms with Crippen LogP contribution < -0.4 is 5.32 Å². The molecule has 3 aromatic rings. The van der Waals surface area contributed by atoms with E-state index < -0.39 is 0 Å². The number of aromatic nitrogens is 3. The van der Waals surface area contributed by atoms with Crippen molar-refractivity contribution in [2.24, 2.45) is 0 Å². The van der Waals surface area contributed by atoms with Crippen LogP contribution in [0.25, 0.3) is 5.69 Å². The molecule has 0 radical (unpaired) electrons. The summed E-state index contributed by atoms with van der Waals surface area (Å²) in [5.41, 5.74) is 2.49. The van der Waals surface area contributed by atoms with Crippen LogP contribution in [0.2, 0.25) is 5.02 Å². The number of carbonyl (C=O) groups is 1. The van der Waals surface area contributed by atoms with E-state index in [1.807, 2.05) is 56.3 Å². The highest BCUT2D eigenvalue weighted by atomic mass is 35.5. The van der Waals surface area contributed by atoms with Crippen molar-refractivity contribution < 1.29 is 4.79 Å². The number of carbonyl (C=O) groups excluding carboxylic acids is 1. The second-order valence-corrected chi connectivity index (χ2v) is 7.18. The monoisotopic (exact) mass is 372 g/mol. The molecule has 5 nitrogen and oxygen atoms in total. The molecule has 0 aliphatic heterocycles. The van der Waals surface area contributed by atoms with Gasteiger partial charge in [0, 0.05) is 10.7 Å². The predicted molar refractivity (Wildman–Crippen MR) is 101 cm³/mol. The summed E-state index contributed by atoms with van der Waals surface area (Å²) in [6, 6.07) is 15.2. The zero-order valence-corrected chi connectivity index (χ0v) is 15.4. The molecule has 0 aliphatic carbocycles. The van der Waals surface area contributed by atoms with Crippen molar-refractivity contribution in [1.82, 2.24) is 14.8 Å². The molecule has 3 rings (SSSR count). The molecule has 0 spiro atoms. The van der Waals surface area contributed by atoms with Crippen molar-refractivity contribution in [3.8, 4) is 5.69 Å². The highest BCUT2D eigenvalue weighted by Gasteiger charge is 2.18. The Bertz CT molecular complexity index is 882. The molecule has 1 atom stereocenters. The Morgan fingerprint density at radius 3 is 2.72 bits per heavy atom. The molecule has 0 saturated carbocycles. The van der Waals surface area contributed by atoms with E-state index in [-0.39, 0.29) is 11.2 Å². The van der Waals surface area contributed by atoms with Crippen molar-refractivity contribution in [3.63, 3.8) is 0 Å². The summed E-state index contributed by atoms with van der Waals surface area (Å²) in [5.74, 6) is -0.119. The van der Waals surface area contributed by atoms with E-state index in [1.54, 1.807) is 17.1 Å². The minimum absolute atomic E-state index is 0.119. The van der Waals surface area contributed by atoms with Gasteiger partial charge in [-0.3, -0.25) is 4.79 Å². The molecule has 1 amide bonds. The summed E-state index contributed by atoms with van der Waals surface area (Å²) >= 11 is 7.40. The highest BCUT2D eigenvalue weighted by molar-refractivity contribution is 8.00. The number of nitrogens with zero attached hydrogens (tertiary/aromatic N) is 3. The first-order chi connectivity index (χ1) is 12.0. The Labute approximate surface area is 155 Å². The normalized spacial score (nSPS) is 12.0. The van der Waals surface area contributed by atoms with Crippen LogP contribution in [0, 0.1) is 6.92 Å². The fourth-order valence-electron chi connectivity index (χ4n) is 2.20. The minimum atomic E-state index is -0.343. The lowest BCUT2D eigenvalue weighted by atomic mass is 10.2. The SMILES string of the molecule is Cc1c(Cl)cccc1NC(=O)C(C)Sc1ncn(-c2ccccc2)n1. The molecule has 2 aromatic carbocycles. The van der Waals surface area contributed by atoms with Gasteiger partial charge in [-0.15, -0.1) is 5.10 Å². The fourth-order valence-corrected chi connectivity index (χ4v) is 3.10. The molecule has 1 heterocycles. The maximum atomic E-state index is 12.4. The summed E-state index contributed by atoms with van der Waals surface area (Å²) in [5, 5.41) is 8.15. The van der Waals surface area contributed by atoms with Crippen molar-refractivity contribution in [2.45, 2.75) is 24.3 Å². The molecule has 7 heteroatoms. The fraction of sp³-hybridized carbons (Fsp3) is 0.167. The number of halogens is 1. The number of amides is 1. The number of benzene rings is 2. The van der Waals surface area contributed by atoms with Gasteiger partial charge in [0.05, 0.1) is 10.9 Å². The van der Waals surface area contributed by atoms with Gasteiger partial charge in [0.1, 0.15) is 6.33 Å². The maximum absolute atomic E-state index is 12.4. The summed E-state index contributed by atoms with van der Waals surface area (Å²) in [4.78, 5) is 16.7. The van der Waals surface area contributed by atoms with Gasteiger partial charge in [0.2, 0.25) is 11.1 Å². The van der Waals surface area contributed by atoms with Crippen molar-refractivity contribution in [2.75, 3.05) is 5.32 Å². The van der Waals surface area contributed by atoms with E-state index in [2.05, 4.69) is 15.4 Å². The van der Waals surface area contributed by atoms with E-state index in [0.29, 0.717) is 15.9 Å². The average Bonchev–Trinajstić information content (AvgIpc) is 3.08. The maximum Gasteiger partial charge on any atom is 0.237 e. The van der Waals surface area contributed by atoms with E-state index in [9.17, 15) is 4.79 Å². The van der Waals surface area contributed by atoms with Crippen LogP contribution in [0.1, 0.15) is 12.5 Å². The summed E-state index contributed by atoms with van der Waals surface area (Å²) in [6.45, 7) is 3.70. The lowest BCUT2D eigenvalue weighted by molar-refractivity contribution is -0.115. The van der Waals surface area contributed by atoms with Gasteiger partial charge in [0.25, 0.3) is 0 Å². The standard InChI is InChI=1S/C18H17ClN4OS/c1-12-15(19)9-6-10-16(12)21-17(24)13(2)25-18-20-11-23(22-18)14-7-4-3-5-8-14/h3-11,13H,1-2H3,(H,21,24). The first-order valence-corrected chi connectivity index (χ1v) is 9.00. The number of anilines is 1. The van der Waals surface area contributed by atoms with Gasteiger partial charge < -0.3 is 5.32 Å². The molecule has 25 heavy (non-hydrogen) atoms. The Kier molecular flexibility index (Phi) is 5.40. The minimum Gasteiger partial charge on any atom is -0.325 e. The summed E-state index contributed by atoms with van der Waals surface area (Å²) < 4.78 is 1.69. The van der Waals surface area contributed by atoms with Gasteiger partial charge in [-0.05, 0) is 43.7 Å². The van der Waals surface area contributed by atoms with Gasteiger partial charge in [-0.25, -0.2) is 9.67 Å². The molecule has 0 saturated heterocycles. The molecule has 1 N–H and O–H groups in total. The Balaban J connectivity index is 1.66. The van der Waals surface area contributed by atoms with Gasteiger partial charge in [0.15, 0.2) is 0 Å².